The lowest BCUT2D eigenvalue weighted by Gasteiger charge is -2.21. The zero-order valence-corrected chi connectivity index (χ0v) is 14.9. The van der Waals surface area contributed by atoms with Gasteiger partial charge in [0.1, 0.15) is 6.07 Å². The van der Waals surface area contributed by atoms with Crippen LogP contribution in [0.25, 0.3) is 0 Å². The van der Waals surface area contributed by atoms with Gasteiger partial charge in [0.15, 0.2) is 0 Å². The summed E-state index contributed by atoms with van der Waals surface area (Å²) in [5.41, 5.74) is 1.38. The van der Waals surface area contributed by atoms with E-state index in [1.807, 2.05) is 6.07 Å². The molecule has 0 aliphatic rings. The van der Waals surface area contributed by atoms with Crippen LogP contribution in [0.15, 0.2) is 42.5 Å². The van der Waals surface area contributed by atoms with E-state index in [9.17, 15) is 9.59 Å². The van der Waals surface area contributed by atoms with Gasteiger partial charge < -0.3 is 10.2 Å². The van der Waals surface area contributed by atoms with Crippen LogP contribution in [0.5, 0.6) is 0 Å². The summed E-state index contributed by atoms with van der Waals surface area (Å²) in [6.45, 7) is 1.58. The fourth-order valence-corrected chi connectivity index (χ4v) is 2.53. The molecule has 25 heavy (non-hydrogen) atoms. The number of carbonyl (C=O) groups excluding carboxylic acids is 2. The topological polar surface area (TPSA) is 73.2 Å². The number of hydrogen-bond acceptors (Lipinski definition) is 3. The van der Waals surface area contributed by atoms with Crippen LogP contribution in [-0.4, -0.2) is 18.4 Å². The lowest BCUT2D eigenvalue weighted by molar-refractivity contribution is -0.117. The number of hydrogen-bond donors (Lipinski definition) is 1. The van der Waals surface area contributed by atoms with Gasteiger partial charge in [0, 0.05) is 25.6 Å². The average Bonchev–Trinajstić information content (AvgIpc) is 2.58. The van der Waals surface area contributed by atoms with Crippen molar-refractivity contribution in [3.05, 3.63) is 58.1 Å². The monoisotopic (exact) mass is 375 g/mol. The molecule has 2 aromatic rings. The van der Waals surface area contributed by atoms with Crippen molar-refractivity contribution in [2.24, 2.45) is 0 Å². The highest BCUT2D eigenvalue weighted by atomic mass is 35.5. The van der Waals surface area contributed by atoms with Crippen LogP contribution in [0, 0.1) is 11.3 Å². The van der Waals surface area contributed by atoms with Gasteiger partial charge in [-0.2, -0.15) is 5.26 Å². The summed E-state index contributed by atoms with van der Waals surface area (Å²) in [4.78, 5) is 25.5. The first-order valence-corrected chi connectivity index (χ1v) is 8.20. The van der Waals surface area contributed by atoms with E-state index in [1.54, 1.807) is 42.5 Å². The first-order valence-electron chi connectivity index (χ1n) is 7.44. The van der Waals surface area contributed by atoms with Crippen LogP contribution in [0.4, 0.5) is 11.4 Å². The number of rotatable bonds is 5. The number of benzene rings is 2. The fraction of sp³-hybridized carbons (Fsp3) is 0.167. The number of nitrogens with zero attached hydrogens (tertiary/aromatic N) is 2. The van der Waals surface area contributed by atoms with E-state index < -0.39 is 0 Å². The third-order valence-electron chi connectivity index (χ3n) is 3.48. The molecule has 0 radical (unpaired) electrons. The van der Waals surface area contributed by atoms with Crippen LogP contribution >= 0.6 is 23.2 Å². The number of nitrogens with one attached hydrogen (secondary N) is 1. The molecule has 0 unspecified atom stereocenters. The molecule has 7 heteroatoms. The molecular formula is C18H15Cl2N3O2. The number of nitriles is 1. The molecule has 0 bridgehead atoms. The number of carbonyl (C=O) groups is 2. The van der Waals surface area contributed by atoms with Crippen LogP contribution in [0.1, 0.15) is 18.9 Å². The minimum absolute atomic E-state index is 0.0690. The van der Waals surface area contributed by atoms with Crippen molar-refractivity contribution < 1.29 is 9.59 Å². The Morgan fingerprint density at radius 2 is 1.88 bits per heavy atom. The molecule has 0 aromatic heterocycles. The molecule has 0 heterocycles. The molecule has 128 valence electrons. The van der Waals surface area contributed by atoms with Crippen molar-refractivity contribution in [2.45, 2.75) is 13.3 Å². The molecule has 5 nitrogen and oxygen atoms in total. The lowest BCUT2D eigenvalue weighted by atomic mass is 10.2. The van der Waals surface area contributed by atoms with E-state index in [-0.39, 0.29) is 24.8 Å². The predicted octanol–water partition coefficient (Wildman–Crippen LogP) is 4.25. The summed E-state index contributed by atoms with van der Waals surface area (Å²) in [5.74, 6) is -0.516. The van der Waals surface area contributed by atoms with E-state index in [1.165, 1.54) is 11.8 Å². The van der Waals surface area contributed by atoms with Crippen LogP contribution < -0.4 is 10.2 Å². The minimum Gasteiger partial charge on any atom is -0.325 e. The maximum absolute atomic E-state index is 12.2. The Morgan fingerprint density at radius 3 is 2.52 bits per heavy atom. The third kappa shape index (κ3) is 4.96. The third-order valence-corrected chi connectivity index (χ3v) is 4.22. The highest BCUT2D eigenvalue weighted by Gasteiger charge is 2.15. The first kappa shape index (κ1) is 18.8. The van der Waals surface area contributed by atoms with Crippen molar-refractivity contribution in [2.75, 3.05) is 16.8 Å². The number of amides is 2. The Hall–Kier alpha value is -2.55. The molecule has 1 N–H and O–H groups in total. The summed E-state index contributed by atoms with van der Waals surface area (Å²) in [6, 6.07) is 13.6. The second kappa shape index (κ2) is 8.52. The van der Waals surface area contributed by atoms with Gasteiger partial charge in [-0.15, -0.1) is 0 Å². The van der Waals surface area contributed by atoms with E-state index in [2.05, 4.69) is 5.32 Å². The second-order valence-corrected chi connectivity index (χ2v) is 6.04. The largest absolute Gasteiger partial charge is 0.325 e. The molecule has 0 spiro atoms. The fourth-order valence-electron chi connectivity index (χ4n) is 2.24. The summed E-state index contributed by atoms with van der Waals surface area (Å²) in [7, 11) is 0. The van der Waals surface area contributed by atoms with Gasteiger partial charge in [0.25, 0.3) is 0 Å². The average molecular weight is 376 g/mol. The van der Waals surface area contributed by atoms with Crippen molar-refractivity contribution in [3.8, 4) is 6.07 Å². The Morgan fingerprint density at radius 1 is 1.16 bits per heavy atom. The van der Waals surface area contributed by atoms with Crippen LogP contribution in [0.2, 0.25) is 10.0 Å². The zero-order valence-electron chi connectivity index (χ0n) is 13.4. The summed E-state index contributed by atoms with van der Waals surface area (Å²) < 4.78 is 0. The summed E-state index contributed by atoms with van der Waals surface area (Å²) in [5, 5.41) is 12.4. The number of anilines is 2. The van der Waals surface area contributed by atoms with Crippen LogP contribution in [0.3, 0.4) is 0 Å². The SMILES string of the molecule is CC(=O)N(CCC(=O)Nc1ccccc1C#N)c1ccc(Cl)c(Cl)c1. The van der Waals surface area contributed by atoms with Crippen LogP contribution in [-0.2, 0) is 9.59 Å². The molecule has 2 aromatic carbocycles. The van der Waals surface area contributed by atoms with Gasteiger partial charge in [0.2, 0.25) is 11.8 Å². The normalized spacial score (nSPS) is 10.0. The van der Waals surface area contributed by atoms with E-state index >= 15 is 0 Å². The van der Waals surface area contributed by atoms with Gasteiger partial charge >= 0.3 is 0 Å². The Bertz CT molecular complexity index is 846. The quantitative estimate of drug-likeness (QED) is 0.848. The van der Waals surface area contributed by atoms with Crippen molar-refractivity contribution in [1.29, 1.82) is 5.26 Å². The summed E-state index contributed by atoms with van der Waals surface area (Å²) >= 11 is 11.9. The standard InChI is InChI=1S/C18H15Cl2N3O2/c1-12(24)23(14-6-7-15(19)16(20)10-14)9-8-18(25)22-17-5-3-2-4-13(17)11-21/h2-7,10H,8-9H2,1H3,(H,22,25). The molecule has 0 aliphatic heterocycles. The minimum atomic E-state index is -0.297. The van der Waals surface area contributed by atoms with Gasteiger partial charge in [-0.05, 0) is 30.3 Å². The molecule has 0 fully saturated rings. The molecule has 0 atom stereocenters. The Balaban J connectivity index is 2.06. The van der Waals surface area contributed by atoms with Gasteiger partial charge in [0.05, 0.1) is 21.3 Å². The maximum Gasteiger partial charge on any atom is 0.226 e. The van der Waals surface area contributed by atoms with Crippen molar-refractivity contribution in [1.82, 2.24) is 0 Å². The van der Waals surface area contributed by atoms with Gasteiger partial charge in [-0.1, -0.05) is 35.3 Å². The van der Waals surface area contributed by atoms with E-state index in [4.69, 9.17) is 28.5 Å². The van der Waals surface area contributed by atoms with Crippen molar-refractivity contribution in [3.63, 3.8) is 0 Å². The Kier molecular flexibility index (Phi) is 6.40. The molecule has 0 saturated heterocycles. The summed E-state index contributed by atoms with van der Waals surface area (Å²) in [6.07, 6.45) is 0.0690. The molecule has 2 amide bonds. The maximum atomic E-state index is 12.2. The Labute approximate surface area is 155 Å². The highest BCUT2D eigenvalue weighted by molar-refractivity contribution is 6.42. The molecule has 0 aliphatic carbocycles. The lowest BCUT2D eigenvalue weighted by Crippen LogP contribution is -2.32. The zero-order chi connectivity index (χ0) is 18.4. The number of para-hydroxylation sites is 1. The van der Waals surface area contributed by atoms with Crippen molar-refractivity contribution >= 4 is 46.4 Å². The molecule has 2 rings (SSSR count). The molecule has 0 saturated carbocycles. The van der Waals surface area contributed by atoms with E-state index in [0.29, 0.717) is 27.0 Å². The smallest absolute Gasteiger partial charge is 0.226 e. The van der Waals surface area contributed by atoms with E-state index in [0.717, 1.165) is 0 Å². The predicted molar refractivity (Wildman–Crippen MR) is 98.9 cm³/mol. The first-order chi connectivity index (χ1) is 11.9. The number of halogens is 2. The molecular weight excluding hydrogens is 361 g/mol. The second-order valence-electron chi connectivity index (χ2n) is 5.22. The highest BCUT2D eigenvalue weighted by Crippen LogP contribution is 2.27. The van der Waals surface area contributed by atoms with Gasteiger partial charge in [-0.25, -0.2) is 0 Å². The van der Waals surface area contributed by atoms with Gasteiger partial charge in [-0.3, -0.25) is 9.59 Å².